The average Bonchev–Trinajstić information content (AvgIpc) is 2.40. The zero-order chi connectivity index (χ0) is 17.2. The maximum Gasteiger partial charge on any atom is 0.349 e. The molecule has 0 aliphatic carbocycles. The van der Waals surface area contributed by atoms with E-state index in [2.05, 4.69) is 0 Å². The minimum absolute atomic E-state index is 0.0539. The van der Waals surface area contributed by atoms with E-state index < -0.39 is 17.7 Å². The molecule has 0 unspecified atom stereocenters. The number of ether oxygens (including phenoxy) is 2. The number of halogens is 1. The summed E-state index contributed by atoms with van der Waals surface area (Å²) in [6.45, 7) is 6.84. The second-order valence-electron chi connectivity index (χ2n) is 6.05. The quantitative estimate of drug-likeness (QED) is 0.473. The fourth-order valence-electron chi connectivity index (χ4n) is 2.25. The summed E-state index contributed by atoms with van der Waals surface area (Å²) in [6, 6.07) is 7.28. The molecule has 0 atom stereocenters. The molecule has 0 saturated carbocycles. The third kappa shape index (κ3) is 4.23. The van der Waals surface area contributed by atoms with E-state index in [-0.39, 0.29) is 11.5 Å². The van der Waals surface area contributed by atoms with Gasteiger partial charge in [0, 0.05) is 18.9 Å². The van der Waals surface area contributed by atoms with Crippen molar-refractivity contribution in [2.24, 2.45) is 5.92 Å². The fourth-order valence-corrected chi connectivity index (χ4v) is 2.45. The Labute approximate surface area is 140 Å². The van der Waals surface area contributed by atoms with Crippen molar-refractivity contribution in [1.29, 1.82) is 0 Å². The van der Waals surface area contributed by atoms with Gasteiger partial charge in [-0.15, -0.1) is 0 Å². The molecule has 1 saturated heterocycles. The Hall–Kier alpha value is -2.07. The zero-order valence-electron chi connectivity index (χ0n) is 13.6. The number of esters is 2. The topological polar surface area (TPSA) is 52.6 Å². The van der Waals surface area contributed by atoms with Crippen LogP contribution in [0.15, 0.2) is 41.5 Å². The molecule has 0 spiro atoms. The highest BCUT2D eigenvalue weighted by atomic mass is 35.5. The molecule has 0 bridgehead atoms. The average molecular weight is 335 g/mol. The SMILES string of the molecule is CC(C)C(/C=C/c1cccc(Cl)c1)=C1C(=O)OC(C)(C)OC1=O. The van der Waals surface area contributed by atoms with E-state index in [4.69, 9.17) is 21.1 Å². The number of carbonyl (C=O) groups is 2. The third-order valence-corrected chi connectivity index (χ3v) is 3.54. The lowest BCUT2D eigenvalue weighted by Crippen LogP contribution is -2.42. The van der Waals surface area contributed by atoms with Crippen molar-refractivity contribution in [3.05, 3.63) is 52.1 Å². The molecular weight excluding hydrogens is 316 g/mol. The summed E-state index contributed by atoms with van der Waals surface area (Å²) in [7, 11) is 0. The van der Waals surface area contributed by atoms with Crippen LogP contribution in [0.25, 0.3) is 6.08 Å². The van der Waals surface area contributed by atoms with Crippen LogP contribution in [0, 0.1) is 5.92 Å². The molecule has 1 fully saturated rings. The summed E-state index contributed by atoms with van der Waals surface area (Å²) in [6.07, 6.45) is 3.53. The molecule has 0 radical (unpaired) electrons. The van der Waals surface area contributed by atoms with E-state index in [9.17, 15) is 9.59 Å². The Balaban J connectivity index is 2.41. The summed E-state index contributed by atoms with van der Waals surface area (Å²) < 4.78 is 10.3. The van der Waals surface area contributed by atoms with Crippen LogP contribution in [-0.4, -0.2) is 17.7 Å². The first-order valence-electron chi connectivity index (χ1n) is 7.34. The summed E-state index contributed by atoms with van der Waals surface area (Å²) in [5, 5.41) is 0.615. The molecule has 122 valence electrons. The van der Waals surface area contributed by atoms with E-state index in [1.54, 1.807) is 24.3 Å². The van der Waals surface area contributed by atoms with Crippen LogP contribution >= 0.6 is 11.6 Å². The third-order valence-electron chi connectivity index (χ3n) is 3.30. The minimum atomic E-state index is -1.24. The smallest absolute Gasteiger partial charge is 0.349 e. The van der Waals surface area contributed by atoms with Crippen molar-refractivity contribution in [2.45, 2.75) is 33.5 Å². The lowest BCUT2D eigenvalue weighted by Gasteiger charge is -2.31. The summed E-state index contributed by atoms with van der Waals surface area (Å²) in [5.41, 5.74) is 1.38. The Kier molecular flexibility index (Phi) is 4.95. The Morgan fingerprint density at radius 3 is 2.30 bits per heavy atom. The maximum atomic E-state index is 12.2. The molecule has 23 heavy (non-hydrogen) atoms. The highest BCUT2D eigenvalue weighted by Gasteiger charge is 2.40. The van der Waals surface area contributed by atoms with Crippen LogP contribution in [0.3, 0.4) is 0 Å². The number of allylic oxidation sites excluding steroid dienone is 2. The Morgan fingerprint density at radius 1 is 1.17 bits per heavy atom. The maximum absolute atomic E-state index is 12.2. The van der Waals surface area contributed by atoms with Gasteiger partial charge >= 0.3 is 11.9 Å². The van der Waals surface area contributed by atoms with Gasteiger partial charge in [-0.2, -0.15) is 0 Å². The number of benzene rings is 1. The van der Waals surface area contributed by atoms with Gasteiger partial charge in [-0.1, -0.05) is 49.7 Å². The molecule has 1 heterocycles. The minimum Gasteiger partial charge on any atom is -0.419 e. The van der Waals surface area contributed by atoms with Crippen molar-refractivity contribution in [3.8, 4) is 0 Å². The highest BCUT2D eigenvalue weighted by molar-refractivity contribution is 6.30. The van der Waals surface area contributed by atoms with Gasteiger partial charge < -0.3 is 9.47 Å². The fraction of sp³-hybridized carbons (Fsp3) is 0.333. The molecule has 1 aliphatic rings. The second kappa shape index (κ2) is 6.59. The van der Waals surface area contributed by atoms with Gasteiger partial charge in [0.05, 0.1) is 0 Å². The van der Waals surface area contributed by atoms with E-state index in [1.807, 2.05) is 26.0 Å². The lowest BCUT2D eigenvalue weighted by atomic mass is 9.95. The van der Waals surface area contributed by atoms with Gasteiger partial charge in [-0.3, -0.25) is 0 Å². The molecule has 2 rings (SSSR count). The zero-order valence-corrected chi connectivity index (χ0v) is 14.3. The van der Waals surface area contributed by atoms with Crippen molar-refractivity contribution in [1.82, 2.24) is 0 Å². The summed E-state index contributed by atoms with van der Waals surface area (Å²) >= 11 is 5.95. The normalized spacial score (nSPS) is 17.4. The monoisotopic (exact) mass is 334 g/mol. The molecule has 5 heteroatoms. The first kappa shape index (κ1) is 17.3. The van der Waals surface area contributed by atoms with Crippen molar-refractivity contribution in [2.75, 3.05) is 0 Å². The van der Waals surface area contributed by atoms with E-state index in [0.717, 1.165) is 5.56 Å². The van der Waals surface area contributed by atoms with Crippen LogP contribution in [0.5, 0.6) is 0 Å². The molecule has 0 amide bonds. The first-order chi connectivity index (χ1) is 10.7. The highest BCUT2D eigenvalue weighted by Crippen LogP contribution is 2.28. The first-order valence-corrected chi connectivity index (χ1v) is 7.72. The number of hydrogen-bond donors (Lipinski definition) is 0. The standard InChI is InChI=1S/C18H19ClO4/c1-11(2)14(9-8-12-6-5-7-13(19)10-12)15-16(20)22-18(3,4)23-17(15)21/h5-11H,1-4H3/b9-8+. The van der Waals surface area contributed by atoms with Crippen molar-refractivity contribution >= 4 is 29.6 Å². The largest absolute Gasteiger partial charge is 0.419 e. The number of carbonyl (C=O) groups excluding carboxylic acids is 2. The summed E-state index contributed by atoms with van der Waals surface area (Å²) in [4.78, 5) is 24.4. The molecule has 4 nitrogen and oxygen atoms in total. The predicted octanol–water partition coefficient (Wildman–Crippen LogP) is 4.14. The van der Waals surface area contributed by atoms with Crippen molar-refractivity contribution in [3.63, 3.8) is 0 Å². The van der Waals surface area contributed by atoms with Crippen LogP contribution in [0.4, 0.5) is 0 Å². The van der Waals surface area contributed by atoms with Gasteiger partial charge in [-0.25, -0.2) is 9.59 Å². The number of cyclic esters (lactones) is 2. The van der Waals surface area contributed by atoms with Gasteiger partial charge in [0.25, 0.3) is 5.79 Å². The van der Waals surface area contributed by atoms with Crippen LogP contribution in [0.1, 0.15) is 33.3 Å². The molecule has 0 aromatic heterocycles. The molecule has 0 N–H and O–H groups in total. The van der Waals surface area contributed by atoms with Gasteiger partial charge in [0.2, 0.25) is 0 Å². The Bertz CT molecular complexity index is 677. The van der Waals surface area contributed by atoms with E-state index in [1.165, 1.54) is 13.8 Å². The number of rotatable bonds is 3. The Morgan fingerprint density at radius 2 is 1.78 bits per heavy atom. The number of hydrogen-bond acceptors (Lipinski definition) is 4. The van der Waals surface area contributed by atoms with Crippen LogP contribution < -0.4 is 0 Å². The predicted molar refractivity (Wildman–Crippen MR) is 88.6 cm³/mol. The van der Waals surface area contributed by atoms with Gasteiger partial charge in [0.15, 0.2) is 0 Å². The summed E-state index contributed by atoms with van der Waals surface area (Å²) in [5.74, 6) is -2.62. The van der Waals surface area contributed by atoms with E-state index >= 15 is 0 Å². The molecule has 1 aromatic carbocycles. The van der Waals surface area contributed by atoms with Gasteiger partial charge in [0.1, 0.15) is 5.57 Å². The second-order valence-corrected chi connectivity index (χ2v) is 6.49. The van der Waals surface area contributed by atoms with Crippen LogP contribution in [0.2, 0.25) is 5.02 Å². The lowest BCUT2D eigenvalue weighted by molar-refractivity contribution is -0.222. The molecule has 1 aliphatic heterocycles. The molecule has 1 aromatic rings. The molecular formula is C18H19ClO4. The van der Waals surface area contributed by atoms with E-state index in [0.29, 0.717) is 10.6 Å². The van der Waals surface area contributed by atoms with Gasteiger partial charge in [-0.05, 0) is 29.2 Å². The van der Waals surface area contributed by atoms with Crippen molar-refractivity contribution < 1.29 is 19.1 Å². The van der Waals surface area contributed by atoms with Crippen LogP contribution in [-0.2, 0) is 19.1 Å².